The number of carbonyl (C=O) groups excluding carboxylic acids is 3. The average molecular weight is 517 g/mol. The van der Waals surface area contributed by atoms with Gasteiger partial charge >= 0.3 is 5.97 Å². The van der Waals surface area contributed by atoms with E-state index in [2.05, 4.69) is 5.32 Å². The molecule has 1 aliphatic rings. The number of anilines is 2. The van der Waals surface area contributed by atoms with Crippen molar-refractivity contribution in [3.8, 4) is 5.75 Å². The van der Waals surface area contributed by atoms with E-state index in [4.69, 9.17) is 21.1 Å². The van der Waals surface area contributed by atoms with Crippen molar-refractivity contribution in [2.24, 2.45) is 0 Å². The Morgan fingerprint density at radius 1 is 1.00 bits per heavy atom. The Morgan fingerprint density at radius 3 is 2.41 bits per heavy atom. The smallest absolute Gasteiger partial charge is 0.340 e. The number of methoxy groups -OCH3 is 1. The van der Waals surface area contributed by atoms with Crippen molar-refractivity contribution < 1.29 is 23.9 Å². The molecule has 0 spiro atoms. The van der Waals surface area contributed by atoms with E-state index in [1.54, 1.807) is 61.5 Å². The molecule has 1 aliphatic heterocycles. The van der Waals surface area contributed by atoms with E-state index in [0.717, 1.165) is 5.56 Å². The standard InChI is InChI=1S/C29H25ClN2O5/c1-18-6-4-9-23(14-18)32-19(2)27(29(35)36-3)25(28(32)34)15-20-10-12-24(13-11-20)37-17-26(33)31-22-8-5-7-21(30)16-22/h4-16H,17H2,1-3H3,(H,31,33)/b25-15-. The van der Waals surface area contributed by atoms with Crippen molar-refractivity contribution in [3.63, 3.8) is 0 Å². The molecule has 3 aromatic carbocycles. The number of ether oxygens (including phenoxy) is 2. The molecule has 0 atom stereocenters. The third kappa shape index (κ3) is 5.90. The molecule has 0 fully saturated rings. The van der Waals surface area contributed by atoms with Crippen molar-refractivity contribution in [3.05, 3.63) is 106 Å². The van der Waals surface area contributed by atoms with Crippen LogP contribution in [0, 0.1) is 6.92 Å². The number of hydrogen-bond donors (Lipinski definition) is 1. The summed E-state index contributed by atoms with van der Waals surface area (Å²) in [5, 5.41) is 3.23. The van der Waals surface area contributed by atoms with Crippen molar-refractivity contribution in [2.45, 2.75) is 13.8 Å². The molecule has 1 N–H and O–H groups in total. The van der Waals surface area contributed by atoms with Gasteiger partial charge in [-0.2, -0.15) is 0 Å². The summed E-state index contributed by atoms with van der Waals surface area (Å²) in [6, 6.07) is 21.2. The van der Waals surface area contributed by atoms with Crippen LogP contribution in [0.1, 0.15) is 18.1 Å². The predicted octanol–water partition coefficient (Wildman–Crippen LogP) is 5.54. The maximum atomic E-state index is 13.4. The Kier molecular flexibility index (Phi) is 7.74. The lowest BCUT2D eigenvalue weighted by molar-refractivity contribution is -0.136. The molecule has 0 saturated heterocycles. The maximum absolute atomic E-state index is 13.4. The van der Waals surface area contributed by atoms with E-state index in [0.29, 0.717) is 33.4 Å². The third-order valence-corrected chi connectivity index (χ3v) is 5.95. The number of nitrogens with one attached hydrogen (secondary N) is 1. The molecule has 0 saturated carbocycles. The molecular weight excluding hydrogens is 492 g/mol. The Bertz CT molecular complexity index is 1430. The first-order valence-corrected chi connectivity index (χ1v) is 11.9. The zero-order chi connectivity index (χ0) is 26.5. The summed E-state index contributed by atoms with van der Waals surface area (Å²) >= 11 is 5.93. The Balaban J connectivity index is 1.50. The van der Waals surface area contributed by atoms with E-state index in [1.165, 1.54) is 12.0 Å². The maximum Gasteiger partial charge on any atom is 0.340 e. The number of halogens is 1. The number of allylic oxidation sites excluding steroid dienone is 1. The molecule has 8 heteroatoms. The summed E-state index contributed by atoms with van der Waals surface area (Å²) in [6.45, 7) is 3.47. The minimum absolute atomic E-state index is 0.189. The van der Waals surface area contributed by atoms with E-state index < -0.39 is 5.97 Å². The topological polar surface area (TPSA) is 84.9 Å². The summed E-state index contributed by atoms with van der Waals surface area (Å²) in [6.07, 6.45) is 1.64. The number of esters is 1. The van der Waals surface area contributed by atoms with Gasteiger partial charge in [-0.1, -0.05) is 41.9 Å². The summed E-state index contributed by atoms with van der Waals surface area (Å²) in [5.41, 5.74) is 3.87. The van der Waals surface area contributed by atoms with Crippen molar-refractivity contribution in [1.82, 2.24) is 0 Å². The molecule has 2 amide bonds. The van der Waals surface area contributed by atoms with Crippen LogP contribution in [-0.2, 0) is 19.1 Å². The van der Waals surface area contributed by atoms with E-state index in [9.17, 15) is 14.4 Å². The number of aryl methyl sites for hydroxylation is 1. The Hall–Kier alpha value is -4.36. The van der Waals surface area contributed by atoms with Crippen LogP contribution in [0.5, 0.6) is 5.75 Å². The van der Waals surface area contributed by atoms with Crippen molar-refractivity contribution >= 4 is 46.8 Å². The Morgan fingerprint density at radius 2 is 1.73 bits per heavy atom. The van der Waals surface area contributed by atoms with Gasteiger partial charge in [0.15, 0.2) is 6.61 Å². The van der Waals surface area contributed by atoms with Gasteiger partial charge in [0.05, 0.1) is 18.3 Å². The second-order valence-corrected chi connectivity index (χ2v) is 8.84. The van der Waals surface area contributed by atoms with Crippen LogP contribution in [0.4, 0.5) is 11.4 Å². The normalized spacial score (nSPS) is 14.2. The zero-order valence-corrected chi connectivity index (χ0v) is 21.3. The lowest BCUT2D eigenvalue weighted by Gasteiger charge is -2.18. The molecule has 0 radical (unpaired) electrons. The van der Waals surface area contributed by atoms with Gasteiger partial charge in [-0.05, 0) is 73.5 Å². The minimum atomic E-state index is -0.585. The number of benzene rings is 3. The molecule has 4 rings (SSSR count). The second-order valence-electron chi connectivity index (χ2n) is 8.41. The highest BCUT2D eigenvalue weighted by atomic mass is 35.5. The van der Waals surface area contributed by atoms with Crippen LogP contribution in [0.2, 0.25) is 5.02 Å². The number of carbonyl (C=O) groups is 3. The van der Waals surface area contributed by atoms with Gasteiger partial charge in [-0.15, -0.1) is 0 Å². The number of amides is 2. The van der Waals surface area contributed by atoms with Gasteiger partial charge in [0.25, 0.3) is 11.8 Å². The largest absolute Gasteiger partial charge is 0.484 e. The average Bonchev–Trinajstić information content (AvgIpc) is 3.12. The van der Waals surface area contributed by atoms with Gasteiger partial charge in [-0.3, -0.25) is 14.5 Å². The van der Waals surface area contributed by atoms with Crippen LogP contribution in [0.25, 0.3) is 6.08 Å². The highest BCUT2D eigenvalue weighted by Gasteiger charge is 2.37. The zero-order valence-electron chi connectivity index (χ0n) is 20.6. The van der Waals surface area contributed by atoms with Crippen LogP contribution in [0.3, 0.4) is 0 Å². The highest BCUT2D eigenvalue weighted by Crippen LogP contribution is 2.35. The molecule has 0 unspecified atom stereocenters. The van der Waals surface area contributed by atoms with Gasteiger partial charge in [0.1, 0.15) is 5.75 Å². The predicted molar refractivity (Wildman–Crippen MR) is 143 cm³/mol. The highest BCUT2D eigenvalue weighted by molar-refractivity contribution is 6.31. The summed E-state index contributed by atoms with van der Waals surface area (Å²) in [7, 11) is 1.29. The van der Waals surface area contributed by atoms with E-state index >= 15 is 0 Å². The van der Waals surface area contributed by atoms with E-state index in [1.807, 2.05) is 31.2 Å². The van der Waals surface area contributed by atoms with Crippen LogP contribution in [-0.4, -0.2) is 31.5 Å². The number of hydrogen-bond acceptors (Lipinski definition) is 5. The first kappa shape index (κ1) is 25.7. The third-order valence-electron chi connectivity index (χ3n) is 5.72. The van der Waals surface area contributed by atoms with Gasteiger partial charge in [-0.25, -0.2) is 4.79 Å². The minimum Gasteiger partial charge on any atom is -0.484 e. The molecular formula is C29H25ClN2O5. The fourth-order valence-corrected chi connectivity index (χ4v) is 4.19. The molecule has 0 aliphatic carbocycles. The van der Waals surface area contributed by atoms with E-state index in [-0.39, 0.29) is 29.6 Å². The molecule has 0 aromatic heterocycles. The molecule has 1 heterocycles. The van der Waals surface area contributed by atoms with Crippen LogP contribution < -0.4 is 15.0 Å². The second kappa shape index (κ2) is 11.1. The molecule has 0 bridgehead atoms. The summed E-state index contributed by atoms with van der Waals surface area (Å²) in [5.74, 6) is -0.758. The SMILES string of the molecule is COC(=O)C1=C(C)N(c2cccc(C)c2)C(=O)/C1=C\c1ccc(OCC(=O)Nc2cccc(Cl)c2)cc1. The lowest BCUT2D eigenvalue weighted by atomic mass is 10.0. The first-order valence-electron chi connectivity index (χ1n) is 11.5. The van der Waals surface area contributed by atoms with Crippen molar-refractivity contribution in [1.29, 1.82) is 0 Å². The van der Waals surface area contributed by atoms with Crippen molar-refractivity contribution in [2.75, 3.05) is 23.9 Å². The first-order chi connectivity index (χ1) is 17.8. The molecule has 3 aromatic rings. The van der Waals surface area contributed by atoms with Gasteiger partial charge in [0, 0.05) is 22.1 Å². The molecule has 7 nitrogen and oxygen atoms in total. The van der Waals surface area contributed by atoms with Crippen LogP contribution >= 0.6 is 11.6 Å². The Labute approximate surface area is 219 Å². The fourth-order valence-electron chi connectivity index (χ4n) is 4.00. The summed E-state index contributed by atoms with van der Waals surface area (Å²) in [4.78, 5) is 39.7. The quantitative estimate of drug-likeness (QED) is 0.329. The van der Waals surface area contributed by atoms with Gasteiger partial charge < -0.3 is 14.8 Å². The lowest BCUT2D eigenvalue weighted by Crippen LogP contribution is -2.24. The number of rotatable bonds is 7. The van der Waals surface area contributed by atoms with Crippen LogP contribution in [0.15, 0.2) is 89.6 Å². The molecule has 188 valence electrons. The fraction of sp³-hybridized carbons (Fsp3) is 0.138. The number of nitrogens with zero attached hydrogens (tertiary/aromatic N) is 1. The molecule has 37 heavy (non-hydrogen) atoms. The van der Waals surface area contributed by atoms with Gasteiger partial charge in [0.2, 0.25) is 0 Å². The summed E-state index contributed by atoms with van der Waals surface area (Å²) < 4.78 is 10.5. The monoisotopic (exact) mass is 516 g/mol.